The topological polar surface area (TPSA) is 90.3 Å². The highest BCUT2D eigenvalue weighted by molar-refractivity contribution is 7.89. The van der Waals surface area contributed by atoms with Gasteiger partial charge in [0.25, 0.3) is 5.91 Å². The van der Waals surface area contributed by atoms with E-state index in [4.69, 9.17) is 5.26 Å². The van der Waals surface area contributed by atoms with Crippen LogP contribution in [0.2, 0.25) is 0 Å². The fourth-order valence-corrected chi connectivity index (χ4v) is 5.81. The number of sulfonamides is 1. The number of nitrogens with zero attached hydrogens (tertiary/aromatic N) is 2. The van der Waals surface area contributed by atoms with Gasteiger partial charge in [0.1, 0.15) is 6.07 Å². The van der Waals surface area contributed by atoms with Gasteiger partial charge in [-0.25, -0.2) is 13.1 Å². The molecule has 0 unspecified atom stereocenters. The molecule has 1 atom stereocenters. The van der Waals surface area contributed by atoms with Crippen LogP contribution in [-0.2, 0) is 16.6 Å². The molecule has 0 bridgehead atoms. The number of likely N-dealkylation sites (tertiary alicyclic amines) is 1. The van der Waals surface area contributed by atoms with E-state index in [9.17, 15) is 13.2 Å². The number of nitrogens with one attached hydrogen (secondary N) is 1. The van der Waals surface area contributed by atoms with Crippen LogP contribution in [0.5, 0.6) is 0 Å². The molecule has 6 nitrogen and oxygen atoms in total. The van der Waals surface area contributed by atoms with Crippen molar-refractivity contribution in [3.63, 3.8) is 0 Å². The summed E-state index contributed by atoms with van der Waals surface area (Å²) in [5.41, 5.74) is 1.41. The number of nitriles is 1. The van der Waals surface area contributed by atoms with Gasteiger partial charge in [-0.05, 0) is 54.1 Å². The van der Waals surface area contributed by atoms with E-state index in [0.717, 1.165) is 24.9 Å². The lowest BCUT2D eigenvalue weighted by atomic mass is 10.1. The van der Waals surface area contributed by atoms with Gasteiger partial charge in [0.2, 0.25) is 10.0 Å². The molecule has 1 saturated heterocycles. The zero-order valence-electron chi connectivity index (χ0n) is 16.7. The van der Waals surface area contributed by atoms with Crippen LogP contribution in [0.3, 0.4) is 0 Å². The molecule has 0 spiro atoms. The maximum Gasteiger partial charge on any atom is 0.254 e. The minimum Gasteiger partial charge on any atom is -0.331 e. The van der Waals surface area contributed by atoms with Crippen molar-refractivity contribution >= 4 is 27.3 Å². The predicted octanol–water partition coefficient (Wildman–Crippen LogP) is 4.08. The largest absolute Gasteiger partial charge is 0.331 e. The van der Waals surface area contributed by atoms with Crippen LogP contribution in [0.4, 0.5) is 0 Å². The predicted molar refractivity (Wildman–Crippen MR) is 119 cm³/mol. The minimum absolute atomic E-state index is 0.00835. The second kappa shape index (κ2) is 9.02. The van der Waals surface area contributed by atoms with Crippen molar-refractivity contribution in [2.45, 2.75) is 30.3 Å². The third-order valence-corrected chi connectivity index (χ3v) is 7.78. The van der Waals surface area contributed by atoms with Gasteiger partial charge in [-0.1, -0.05) is 30.3 Å². The molecule has 1 fully saturated rings. The van der Waals surface area contributed by atoms with Gasteiger partial charge in [-0.3, -0.25) is 4.79 Å². The number of carbonyl (C=O) groups is 1. The van der Waals surface area contributed by atoms with E-state index in [0.29, 0.717) is 5.56 Å². The first-order valence-electron chi connectivity index (χ1n) is 9.92. The Bertz CT molecular complexity index is 1210. The fraction of sp³-hybridized carbons (Fsp3) is 0.217. The number of hydrogen-bond donors (Lipinski definition) is 1. The lowest BCUT2D eigenvalue weighted by molar-refractivity contribution is 0.0738. The molecule has 1 aromatic heterocycles. The van der Waals surface area contributed by atoms with Gasteiger partial charge < -0.3 is 4.90 Å². The van der Waals surface area contributed by atoms with E-state index in [2.05, 4.69) is 10.8 Å². The van der Waals surface area contributed by atoms with Gasteiger partial charge in [0, 0.05) is 23.5 Å². The van der Waals surface area contributed by atoms with Crippen molar-refractivity contribution in [2.24, 2.45) is 0 Å². The summed E-state index contributed by atoms with van der Waals surface area (Å²) < 4.78 is 27.6. The van der Waals surface area contributed by atoms with Gasteiger partial charge in [0.05, 0.1) is 16.5 Å². The van der Waals surface area contributed by atoms with Crippen LogP contribution in [0, 0.1) is 11.3 Å². The van der Waals surface area contributed by atoms with Gasteiger partial charge in [0.15, 0.2) is 0 Å². The summed E-state index contributed by atoms with van der Waals surface area (Å²) in [6.07, 6.45) is 1.95. The van der Waals surface area contributed by atoms with Crippen molar-refractivity contribution in [2.75, 3.05) is 6.54 Å². The summed E-state index contributed by atoms with van der Waals surface area (Å²) in [5, 5.41) is 11.2. The Morgan fingerprint density at radius 1 is 1.13 bits per heavy atom. The third kappa shape index (κ3) is 4.54. The summed E-state index contributed by atoms with van der Waals surface area (Å²) in [4.78, 5) is 16.1. The molecule has 31 heavy (non-hydrogen) atoms. The van der Waals surface area contributed by atoms with E-state index in [1.165, 1.54) is 17.0 Å². The van der Waals surface area contributed by atoms with E-state index < -0.39 is 10.0 Å². The number of benzene rings is 2. The second-order valence-electron chi connectivity index (χ2n) is 7.30. The second-order valence-corrected chi connectivity index (χ2v) is 10.0. The molecule has 1 amide bonds. The van der Waals surface area contributed by atoms with Gasteiger partial charge in [-0.2, -0.15) is 5.26 Å². The number of rotatable bonds is 6. The molecule has 8 heteroatoms. The maximum atomic E-state index is 13.0. The van der Waals surface area contributed by atoms with Crippen LogP contribution < -0.4 is 4.72 Å². The van der Waals surface area contributed by atoms with E-state index in [1.54, 1.807) is 47.7 Å². The Morgan fingerprint density at radius 2 is 1.90 bits per heavy atom. The van der Waals surface area contributed by atoms with Gasteiger partial charge >= 0.3 is 0 Å². The highest BCUT2D eigenvalue weighted by Gasteiger charge is 2.31. The van der Waals surface area contributed by atoms with Crippen LogP contribution in [0.1, 0.15) is 45.2 Å². The van der Waals surface area contributed by atoms with Crippen LogP contribution in [0.25, 0.3) is 0 Å². The number of carbonyl (C=O) groups excluding carboxylic acids is 1. The van der Waals surface area contributed by atoms with E-state index in [-0.39, 0.29) is 29.0 Å². The molecule has 158 valence electrons. The van der Waals surface area contributed by atoms with Gasteiger partial charge in [-0.15, -0.1) is 11.3 Å². The number of hydrogen-bond acceptors (Lipinski definition) is 5. The Balaban J connectivity index is 1.44. The third-order valence-electron chi connectivity index (χ3n) is 5.35. The molecule has 1 aliphatic rings. The molecule has 4 rings (SSSR count). The SMILES string of the molecule is N#Cc1ccccc1S(=O)(=O)NCc1ccc(C(=O)N2CCC[C@@H]2c2cccs2)cc1. The molecule has 0 radical (unpaired) electrons. The highest BCUT2D eigenvalue weighted by Crippen LogP contribution is 2.35. The lowest BCUT2D eigenvalue weighted by Gasteiger charge is -2.24. The summed E-state index contributed by atoms with van der Waals surface area (Å²) in [6.45, 7) is 0.805. The van der Waals surface area contributed by atoms with Crippen LogP contribution in [0.15, 0.2) is 70.9 Å². The van der Waals surface area contributed by atoms with Crippen molar-refractivity contribution < 1.29 is 13.2 Å². The molecule has 2 heterocycles. The average Bonchev–Trinajstić information content (AvgIpc) is 3.49. The first-order valence-corrected chi connectivity index (χ1v) is 12.3. The molecule has 1 aliphatic heterocycles. The summed E-state index contributed by atoms with van der Waals surface area (Å²) in [6, 6.07) is 19.2. The monoisotopic (exact) mass is 451 g/mol. The normalized spacial score (nSPS) is 16.2. The smallest absolute Gasteiger partial charge is 0.254 e. The Labute approximate surface area is 185 Å². The quantitative estimate of drug-likeness (QED) is 0.612. The molecule has 1 N–H and O–H groups in total. The number of thiophene rings is 1. The summed E-state index contributed by atoms with van der Waals surface area (Å²) in [7, 11) is -3.82. The van der Waals surface area contributed by atoms with Crippen molar-refractivity contribution in [1.82, 2.24) is 9.62 Å². The van der Waals surface area contributed by atoms with Crippen molar-refractivity contribution in [1.29, 1.82) is 5.26 Å². The summed E-state index contributed by atoms with van der Waals surface area (Å²) in [5.74, 6) is -0.00835. The molecule has 3 aromatic rings. The zero-order valence-corrected chi connectivity index (χ0v) is 18.3. The molecular weight excluding hydrogens is 430 g/mol. The highest BCUT2D eigenvalue weighted by atomic mass is 32.2. The molecule has 0 aliphatic carbocycles. The van der Waals surface area contributed by atoms with Crippen LogP contribution >= 0.6 is 11.3 Å². The fourth-order valence-electron chi connectivity index (χ4n) is 3.77. The van der Waals surface area contributed by atoms with E-state index in [1.807, 2.05) is 22.4 Å². The Morgan fingerprint density at radius 3 is 2.61 bits per heavy atom. The molecular formula is C23H21N3O3S2. The first kappa shape index (κ1) is 21.2. The zero-order chi connectivity index (χ0) is 21.8. The summed E-state index contributed by atoms with van der Waals surface area (Å²) >= 11 is 1.67. The molecule has 0 saturated carbocycles. The first-order chi connectivity index (χ1) is 15.0. The van der Waals surface area contributed by atoms with E-state index >= 15 is 0 Å². The lowest BCUT2D eigenvalue weighted by Crippen LogP contribution is -2.30. The maximum absolute atomic E-state index is 13.0. The molecule has 2 aromatic carbocycles. The standard InChI is InChI=1S/C23H21N3O3S2/c24-15-19-5-1-2-8-22(19)31(28,29)25-16-17-9-11-18(12-10-17)23(27)26-13-3-6-20(26)21-7-4-14-30-21/h1-2,4-5,7-12,14,20,25H,3,6,13,16H2/t20-/m1/s1. The Hall–Kier alpha value is -2.99. The van der Waals surface area contributed by atoms with Crippen molar-refractivity contribution in [3.8, 4) is 6.07 Å². The average molecular weight is 452 g/mol. The van der Waals surface area contributed by atoms with Crippen LogP contribution in [-0.4, -0.2) is 25.8 Å². The number of amides is 1. The Kier molecular flexibility index (Phi) is 6.18. The minimum atomic E-state index is -3.82. The van der Waals surface area contributed by atoms with Crippen molar-refractivity contribution in [3.05, 3.63) is 87.6 Å².